The molecule has 0 aliphatic carbocycles. The van der Waals surface area contributed by atoms with Crippen LogP contribution in [0.15, 0.2) is 48.5 Å². The van der Waals surface area contributed by atoms with Crippen LogP contribution < -0.4 is 15.8 Å². The average Bonchev–Trinajstić information content (AvgIpc) is 2.46. The molecule has 0 fully saturated rings. The van der Waals surface area contributed by atoms with Crippen LogP contribution in [-0.2, 0) is 6.54 Å². The number of anilines is 1. The number of carbonyl (C=O) groups excluding carboxylic acids is 1. The third-order valence-corrected chi connectivity index (χ3v) is 2.83. The monoisotopic (exact) mass is 270 g/mol. The molecule has 0 spiro atoms. The molecule has 3 N–H and O–H groups in total. The standard InChI is InChI=1S/C16H18N2O2/c1-2-20-15-8-6-13(7-9-15)16(19)18-11-12-4-3-5-14(17)10-12/h3-10H,2,11,17H2,1H3,(H,18,19). The summed E-state index contributed by atoms with van der Waals surface area (Å²) in [5.41, 5.74) is 7.97. The molecule has 4 nitrogen and oxygen atoms in total. The second-order valence-electron chi connectivity index (χ2n) is 4.39. The molecule has 0 unspecified atom stereocenters. The van der Waals surface area contributed by atoms with Crippen molar-refractivity contribution in [2.24, 2.45) is 0 Å². The summed E-state index contributed by atoms with van der Waals surface area (Å²) in [5, 5.41) is 2.86. The molecule has 20 heavy (non-hydrogen) atoms. The van der Waals surface area contributed by atoms with E-state index in [9.17, 15) is 4.79 Å². The number of nitrogens with one attached hydrogen (secondary N) is 1. The van der Waals surface area contributed by atoms with E-state index in [1.54, 1.807) is 24.3 Å². The number of ether oxygens (including phenoxy) is 1. The summed E-state index contributed by atoms with van der Waals surface area (Å²) in [4.78, 5) is 12.0. The fourth-order valence-corrected chi connectivity index (χ4v) is 1.86. The van der Waals surface area contributed by atoms with Crippen LogP contribution in [0.1, 0.15) is 22.8 Å². The lowest BCUT2D eigenvalue weighted by atomic mass is 10.1. The van der Waals surface area contributed by atoms with Crippen LogP contribution in [0.5, 0.6) is 5.75 Å². The molecular formula is C16H18N2O2. The van der Waals surface area contributed by atoms with Gasteiger partial charge in [0.2, 0.25) is 0 Å². The lowest BCUT2D eigenvalue weighted by Crippen LogP contribution is -2.22. The van der Waals surface area contributed by atoms with E-state index in [-0.39, 0.29) is 5.91 Å². The van der Waals surface area contributed by atoms with Gasteiger partial charge in [-0.3, -0.25) is 4.79 Å². The summed E-state index contributed by atoms with van der Waals surface area (Å²) in [6, 6.07) is 14.5. The van der Waals surface area contributed by atoms with Crippen molar-refractivity contribution in [3.8, 4) is 5.75 Å². The Morgan fingerprint density at radius 3 is 2.60 bits per heavy atom. The molecule has 2 rings (SSSR count). The molecule has 1 amide bonds. The molecule has 104 valence electrons. The van der Waals surface area contributed by atoms with E-state index in [2.05, 4.69) is 5.32 Å². The third-order valence-electron chi connectivity index (χ3n) is 2.83. The average molecular weight is 270 g/mol. The molecule has 0 atom stereocenters. The molecule has 0 bridgehead atoms. The molecule has 2 aromatic rings. The minimum atomic E-state index is -0.115. The largest absolute Gasteiger partial charge is 0.494 e. The number of benzene rings is 2. The summed E-state index contributed by atoms with van der Waals surface area (Å²) in [7, 11) is 0. The Morgan fingerprint density at radius 1 is 1.20 bits per heavy atom. The molecule has 2 aromatic carbocycles. The van der Waals surface area contributed by atoms with Gasteiger partial charge >= 0.3 is 0 Å². The number of nitrogens with two attached hydrogens (primary N) is 1. The van der Waals surface area contributed by atoms with Gasteiger partial charge in [-0.2, -0.15) is 0 Å². The van der Waals surface area contributed by atoms with E-state index in [0.29, 0.717) is 24.4 Å². The zero-order valence-electron chi connectivity index (χ0n) is 11.4. The van der Waals surface area contributed by atoms with Crippen molar-refractivity contribution in [3.05, 3.63) is 59.7 Å². The number of carbonyl (C=O) groups is 1. The van der Waals surface area contributed by atoms with Gasteiger partial charge in [0.05, 0.1) is 6.61 Å². The van der Waals surface area contributed by atoms with Crippen LogP contribution in [0.3, 0.4) is 0 Å². The van der Waals surface area contributed by atoms with Crippen LogP contribution >= 0.6 is 0 Å². The first kappa shape index (κ1) is 13.9. The predicted molar refractivity (Wildman–Crippen MR) is 79.6 cm³/mol. The van der Waals surface area contributed by atoms with Crippen LogP contribution in [0.25, 0.3) is 0 Å². The van der Waals surface area contributed by atoms with E-state index in [1.165, 1.54) is 0 Å². The lowest BCUT2D eigenvalue weighted by Gasteiger charge is -2.07. The van der Waals surface area contributed by atoms with Crippen molar-refractivity contribution < 1.29 is 9.53 Å². The Kier molecular flexibility index (Phi) is 4.60. The van der Waals surface area contributed by atoms with Gasteiger partial charge < -0.3 is 15.8 Å². The summed E-state index contributed by atoms with van der Waals surface area (Å²) in [5.74, 6) is 0.648. The molecule has 0 saturated heterocycles. The first-order valence-electron chi connectivity index (χ1n) is 6.54. The molecule has 0 radical (unpaired) electrons. The Morgan fingerprint density at radius 2 is 1.95 bits per heavy atom. The highest BCUT2D eigenvalue weighted by Crippen LogP contribution is 2.12. The van der Waals surface area contributed by atoms with Crippen LogP contribution in [0.4, 0.5) is 5.69 Å². The van der Waals surface area contributed by atoms with Crippen molar-refractivity contribution in [2.75, 3.05) is 12.3 Å². The summed E-state index contributed by atoms with van der Waals surface area (Å²) >= 11 is 0. The van der Waals surface area contributed by atoms with Crippen molar-refractivity contribution in [1.82, 2.24) is 5.32 Å². The Hall–Kier alpha value is -2.49. The molecule has 0 saturated carbocycles. The van der Waals surface area contributed by atoms with Crippen LogP contribution in [0.2, 0.25) is 0 Å². The third kappa shape index (κ3) is 3.75. The maximum absolute atomic E-state index is 12.0. The van der Waals surface area contributed by atoms with Crippen LogP contribution in [-0.4, -0.2) is 12.5 Å². The van der Waals surface area contributed by atoms with Crippen molar-refractivity contribution >= 4 is 11.6 Å². The van der Waals surface area contributed by atoms with Gasteiger partial charge in [0.1, 0.15) is 5.75 Å². The maximum Gasteiger partial charge on any atom is 0.251 e. The Balaban J connectivity index is 1.94. The van der Waals surface area contributed by atoms with Gasteiger partial charge in [-0.25, -0.2) is 0 Å². The number of rotatable bonds is 5. The van der Waals surface area contributed by atoms with E-state index < -0.39 is 0 Å². The zero-order chi connectivity index (χ0) is 14.4. The van der Waals surface area contributed by atoms with E-state index in [1.807, 2.05) is 31.2 Å². The Labute approximate surface area is 118 Å². The molecule has 0 aliphatic rings. The Bertz CT molecular complexity index is 579. The molecule has 0 aromatic heterocycles. The van der Waals surface area contributed by atoms with Gasteiger partial charge in [0.25, 0.3) is 5.91 Å². The predicted octanol–water partition coefficient (Wildman–Crippen LogP) is 2.60. The number of amides is 1. The minimum Gasteiger partial charge on any atom is -0.494 e. The van der Waals surface area contributed by atoms with Crippen molar-refractivity contribution in [2.45, 2.75) is 13.5 Å². The molecule has 4 heteroatoms. The minimum absolute atomic E-state index is 0.115. The lowest BCUT2D eigenvalue weighted by molar-refractivity contribution is 0.0951. The zero-order valence-corrected chi connectivity index (χ0v) is 11.4. The summed E-state index contributed by atoms with van der Waals surface area (Å²) in [6.45, 7) is 2.99. The van der Waals surface area contributed by atoms with Gasteiger partial charge in [0, 0.05) is 17.8 Å². The molecular weight excluding hydrogens is 252 g/mol. The summed E-state index contributed by atoms with van der Waals surface area (Å²) in [6.07, 6.45) is 0. The topological polar surface area (TPSA) is 64.3 Å². The number of hydrogen-bond donors (Lipinski definition) is 2. The second-order valence-corrected chi connectivity index (χ2v) is 4.39. The first-order chi connectivity index (χ1) is 9.69. The second kappa shape index (κ2) is 6.61. The smallest absolute Gasteiger partial charge is 0.251 e. The molecule has 0 heterocycles. The van der Waals surface area contributed by atoms with Gasteiger partial charge in [0.15, 0.2) is 0 Å². The molecule has 0 aliphatic heterocycles. The highest BCUT2D eigenvalue weighted by Gasteiger charge is 2.05. The van der Waals surface area contributed by atoms with E-state index in [4.69, 9.17) is 10.5 Å². The fraction of sp³-hybridized carbons (Fsp3) is 0.188. The van der Waals surface area contributed by atoms with Crippen molar-refractivity contribution in [3.63, 3.8) is 0 Å². The van der Waals surface area contributed by atoms with E-state index in [0.717, 1.165) is 11.3 Å². The SMILES string of the molecule is CCOc1ccc(C(=O)NCc2cccc(N)c2)cc1. The first-order valence-corrected chi connectivity index (χ1v) is 6.54. The summed E-state index contributed by atoms with van der Waals surface area (Å²) < 4.78 is 5.34. The van der Waals surface area contributed by atoms with Gasteiger partial charge in [-0.05, 0) is 48.9 Å². The van der Waals surface area contributed by atoms with Gasteiger partial charge in [-0.15, -0.1) is 0 Å². The van der Waals surface area contributed by atoms with Crippen LogP contribution in [0, 0.1) is 0 Å². The number of nitrogen functional groups attached to an aromatic ring is 1. The number of hydrogen-bond acceptors (Lipinski definition) is 3. The highest BCUT2D eigenvalue weighted by molar-refractivity contribution is 5.94. The quantitative estimate of drug-likeness (QED) is 0.821. The fourth-order valence-electron chi connectivity index (χ4n) is 1.86. The maximum atomic E-state index is 12.0. The van der Waals surface area contributed by atoms with Crippen molar-refractivity contribution in [1.29, 1.82) is 0 Å². The normalized spacial score (nSPS) is 10.1. The van der Waals surface area contributed by atoms with Gasteiger partial charge in [-0.1, -0.05) is 12.1 Å². The highest BCUT2D eigenvalue weighted by atomic mass is 16.5. The van der Waals surface area contributed by atoms with E-state index >= 15 is 0 Å².